The average molecular weight is 420 g/mol. The lowest BCUT2D eigenvalue weighted by atomic mass is 9.73. The number of halogens is 1. The number of hydrogen-bond donors (Lipinski definition) is 1. The summed E-state index contributed by atoms with van der Waals surface area (Å²) in [6, 6.07) is 13.5. The molecule has 5 rings (SSSR count). The van der Waals surface area contributed by atoms with Gasteiger partial charge in [0, 0.05) is 18.0 Å². The maximum Gasteiger partial charge on any atom is 0.254 e. The average Bonchev–Trinajstić information content (AvgIpc) is 3.30. The van der Waals surface area contributed by atoms with Gasteiger partial charge in [-0.15, -0.1) is 0 Å². The summed E-state index contributed by atoms with van der Waals surface area (Å²) in [5.74, 6) is -1.04. The number of aliphatic hydroxyl groups excluding tert-OH is 1. The van der Waals surface area contributed by atoms with Crippen LogP contribution >= 0.6 is 0 Å². The minimum Gasteiger partial charge on any atom is -0.394 e. The highest BCUT2D eigenvalue weighted by molar-refractivity contribution is 5.97. The Morgan fingerprint density at radius 1 is 1.16 bits per heavy atom. The van der Waals surface area contributed by atoms with E-state index >= 15 is 0 Å². The van der Waals surface area contributed by atoms with Crippen LogP contribution in [0.25, 0.3) is 5.57 Å². The first-order valence-electron chi connectivity index (χ1n) is 10.8. The van der Waals surface area contributed by atoms with E-state index in [-0.39, 0.29) is 48.5 Å². The second-order valence-electron chi connectivity index (χ2n) is 8.58. The first-order valence-corrected chi connectivity index (χ1v) is 10.8. The Labute approximate surface area is 180 Å². The first kappa shape index (κ1) is 19.9. The summed E-state index contributed by atoms with van der Waals surface area (Å²) in [6.45, 7) is 0.203. The topological polar surface area (TPSA) is 60.9 Å². The first-order chi connectivity index (χ1) is 15.1. The van der Waals surface area contributed by atoms with Crippen molar-refractivity contribution in [3.8, 4) is 0 Å². The van der Waals surface area contributed by atoms with Gasteiger partial charge in [-0.3, -0.25) is 9.59 Å². The third-order valence-corrected chi connectivity index (χ3v) is 6.82. The van der Waals surface area contributed by atoms with Crippen LogP contribution in [0.15, 0.2) is 54.6 Å². The van der Waals surface area contributed by atoms with Gasteiger partial charge in [-0.2, -0.15) is 0 Å². The zero-order valence-electron chi connectivity index (χ0n) is 17.2. The van der Waals surface area contributed by atoms with Crippen molar-refractivity contribution in [2.75, 3.05) is 19.7 Å². The lowest BCUT2D eigenvalue weighted by molar-refractivity contribution is -0.159. The molecule has 31 heavy (non-hydrogen) atoms. The number of nitrogens with zero attached hydrogens (tertiary/aromatic N) is 2. The molecule has 160 valence electrons. The molecule has 0 saturated carbocycles. The second-order valence-corrected chi connectivity index (χ2v) is 8.58. The predicted molar refractivity (Wildman–Crippen MR) is 115 cm³/mol. The highest BCUT2D eigenvalue weighted by atomic mass is 19.1. The minimum atomic E-state index is -0.477. The Kier molecular flexibility index (Phi) is 5.10. The smallest absolute Gasteiger partial charge is 0.254 e. The van der Waals surface area contributed by atoms with Crippen LogP contribution in [-0.4, -0.2) is 58.5 Å². The van der Waals surface area contributed by atoms with Crippen LogP contribution in [0.2, 0.25) is 0 Å². The predicted octanol–water partition coefficient (Wildman–Crippen LogP) is 3.20. The molecule has 0 spiro atoms. The zero-order chi connectivity index (χ0) is 21.5. The van der Waals surface area contributed by atoms with Gasteiger partial charge in [0.15, 0.2) is 0 Å². The summed E-state index contributed by atoms with van der Waals surface area (Å²) in [5, 5.41) is 9.96. The van der Waals surface area contributed by atoms with E-state index in [2.05, 4.69) is 30.3 Å². The van der Waals surface area contributed by atoms with Gasteiger partial charge in [0.2, 0.25) is 5.91 Å². The minimum absolute atomic E-state index is 0.0383. The number of piperazine rings is 1. The van der Waals surface area contributed by atoms with E-state index in [0.717, 1.165) is 18.4 Å². The van der Waals surface area contributed by atoms with Crippen LogP contribution in [0.1, 0.15) is 46.7 Å². The molecule has 0 bridgehead atoms. The van der Waals surface area contributed by atoms with E-state index in [4.69, 9.17) is 0 Å². The standard InChI is InChI=1S/C25H25FN2O3/c26-20-7-3-6-19(12-20)25(31)27-13-21-24(22(15-29)28(21)23(30)14-27)18-10-8-17(9-11-18)16-4-1-2-5-16/h3-4,6-12,21-22,24,29H,1-2,5,13-15H2/t21-,22-,24-/m0/s1. The molecule has 0 radical (unpaired) electrons. The van der Waals surface area contributed by atoms with Crippen molar-refractivity contribution < 1.29 is 19.1 Å². The maximum absolute atomic E-state index is 13.6. The molecule has 2 saturated heterocycles. The van der Waals surface area contributed by atoms with Gasteiger partial charge in [-0.1, -0.05) is 36.4 Å². The van der Waals surface area contributed by atoms with Crippen molar-refractivity contribution in [3.63, 3.8) is 0 Å². The second kappa shape index (κ2) is 7.93. The number of allylic oxidation sites excluding steroid dienone is 2. The van der Waals surface area contributed by atoms with E-state index < -0.39 is 5.82 Å². The highest BCUT2D eigenvalue weighted by Gasteiger charge is 2.54. The number of benzene rings is 2. The molecular weight excluding hydrogens is 395 g/mol. The van der Waals surface area contributed by atoms with Gasteiger partial charge >= 0.3 is 0 Å². The number of fused-ring (bicyclic) bond motifs is 1. The summed E-state index contributed by atoms with van der Waals surface area (Å²) in [5.41, 5.74) is 3.90. The van der Waals surface area contributed by atoms with E-state index in [0.29, 0.717) is 6.54 Å². The molecule has 3 aliphatic rings. The number of amides is 2. The van der Waals surface area contributed by atoms with Gasteiger partial charge in [0.05, 0.1) is 18.7 Å². The van der Waals surface area contributed by atoms with Crippen molar-refractivity contribution in [3.05, 3.63) is 77.1 Å². The Morgan fingerprint density at radius 2 is 1.97 bits per heavy atom. The van der Waals surface area contributed by atoms with Crippen LogP contribution in [0.3, 0.4) is 0 Å². The molecule has 5 nitrogen and oxygen atoms in total. The van der Waals surface area contributed by atoms with Gasteiger partial charge in [0.25, 0.3) is 5.91 Å². The molecule has 0 unspecified atom stereocenters. The van der Waals surface area contributed by atoms with Crippen molar-refractivity contribution >= 4 is 17.4 Å². The van der Waals surface area contributed by atoms with Crippen LogP contribution in [0.4, 0.5) is 4.39 Å². The summed E-state index contributed by atoms with van der Waals surface area (Å²) >= 11 is 0. The van der Waals surface area contributed by atoms with E-state index in [9.17, 15) is 19.1 Å². The van der Waals surface area contributed by atoms with Crippen LogP contribution < -0.4 is 0 Å². The van der Waals surface area contributed by atoms with Gasteiger partial charge < -0.3 is 14.9 Å². The fourth-order valence-corrected chi connectivity index (χ4v) is 5.31. The number of carbonyl (C=O) groups excluding carboxylic acids is 2. The van der Waals surface area contributed by atoms with Crippen molar-refractivity contribution in [1.29, 1.82) is 0 Å². The normalized spacial score (nSPS) is 25.2. The van der Waals surface area contributed by atoms with E-state index in [1.807, 2.05) is 0 Å². The molecule has 6 heteroatoms. The Balaban J connectivity index is 1.38. The summed E-state index contributed by atoms with van der Waals surface area (Å²) in [4.78, 5) is 28.9. The SMILES string of the molecule is O=C(c1cccc(F)c1)N1CC(=O)N2[C@@H](CO)[C@@H](c3ccc(C4=CCCC4)cc3)[C@@H]2C1. The molecular formula is C25H25FN2O3. The molecule has 0 aromatic heterocycles. The van der Waals surface area contributed by atoms with E-state index in [1.165, 1.54) is 40.7 Å². The molecule has 2 aliphatic heterocycles. The molecule has 2 aromatic carbocycles. The van der Waals surface area contributed by atoms with Crippen molar-refractivity contribution in [2.45, 2.75) is 37.3 Å². The lowest BCUT2D eigenvalue weighted by Gasteiger charge is -2.58. The molecule has 2 fully saturated rings. The quantitative estimate of drug-likeness (QED) is 0.826. The summed E-state index contributed by atoms with van der Waals surface area (Å²) in [7, 11) is 0. The fraction of sp³-hybridized carbons (Fsp3) is 0.360. The molecule has 1 aliphatic carbocycles. The number of carbonyl (C=O) groups is 2. The Morgan fingerprint density at radius 3 is 2.65 bits per heavy atom. The molecule has 2 heterocycles. The summed E-state index contributed by atoms with van der Waals surface area (Å²) < 4.78 is 13.6. The van der Waals surface area contributed by atoms with E-state index in [1.54, 1.807) is 11.0 Å². The van der Waals surface area contributed by atoms with Gasteiger partial charge in [-0.05, 0) is 54.2 Å². The van der Waals surface area contributed by atoms with Crippen LogP contribution in [0.5, 0.6) is 0 Å². The maximum atomic E-state index is 13.6. The van der Waals surface area contributed by atoms with Crippen LogP contribution in [0, 0.1) is 5.82 Å². The number of aliphatic hydroxyl groups is 1. The number of rotatable bonds is 4. The number of hydrogen-bond acceptors (Lipinski definition) is 3. The largest absolute Gasteiger partial charge is 0.394 e. The fourth-order valence-electron chi connectivity index (χ4n) is 5.31. The van der Waals surface area contributed by atoms with Crippen LogP contribution in [-0.2, 0) is 4.79 Å². The third kappa shape index (κ3) is 3.45. The lowest BCUT2D eigenvalue weighted by Crippen LogP contribution is -2.73. The Bertz CT molecular complexity index is 1050. The molecule has 1 N–H and O–H groups in total. The molecule has 3 atom stereocenters. The highest BCUT2D eigenvalue weighted by Crippen LogP contribution is 2.43. The van der Waals surface area contributed by atoms with Gasteiger partial charge in [0.1, 0.15) is 12.4 Å². The molecule has 2 amide bonds. The van der Waals surface area contributed by atoms with Gasteiger partial charge in [-0.25, -0.2) is 4.39 Å². The third-order valence-electron chi connectivity index (χ3n) is 6.82. The monoisotopic (exact) mass is 420 g/mol. The Hall–Kier alpha value is -2.99. The van der Waals surface area contributed by atoms with Crippen molar-refractivity contribution in [1.82, 2.24) is 9.80 Å². The van der Waals surface area contributed by atoms with Crippen molar-refractivity contribution in [2.24, 2.45) is 0 Å². The zero-order valence-corrected chi connectivity index (χ0v) is 17.2. The summed E-state index contributed by atoms with van der Waals surface area (Å²) in [6.07, 6.45) is 5.71. The molecule has 2 aromatic rings.